The van der Waals surface area contributed by atoms with Crippen LogP contribution in [0.5, 0.6) is 23.0 Å². The number of nitrogens with one attached hydrogen (secondary N) is 1. The fraction of sp³-hybridized carbons (Fsp3) is 0.400. The largest absolute Gasteiger partial charge is 0.493 e. The maximum atomic E-state index is 5.91. The highest BCUT2D eigenvalue weighted by Crippen LogP contribution is 2.39. The van der Waals surface area contributed by atoms with Crippen molar-refractivity contribution in [2.45, 2.75) is 26.4 Å². The molecular weight excluding hydrogens is 318 g/mol. The summed E-state index contributed by atoms with van der Waals surface area (Å²) in [7, 11) is 4.86. The molecule has 0 saturated heterocycles. The summed E-state index contributed by atoms with van der Waals surface area (Å²) in [6, 6.07) is 8.40. The number of benzene rings is 2. The Kier molecular flexibility index (Phi) is 5.04. The molecule has 1 N–H and O–H groups in total. The van der Waals surface area contributed by atoms with Gasteiger partial charge in [0.15, 0.2) is 11.5 Å². The molecule has 0 fully saturated rings. The zero-order valence-corrected chi connectivity index (χ0v) is 15.4. The number of aryl methyl sites for hydroxylation is 1. The van der Waals surface area contributed by atoms with Gasteiger partial charge in [0, 0.05) is 12.1 Å². The molecule has 3 rings (SSSR count). The predicted molar refractivity (Wildman–Crippen MR) is 97.1 cm³/mol. The van der Waals surface area contributed by atoms with Gasteiger partial charge in [0.05, 0.1) is 27.4 Å². The third kappa shape index (κ3) is 3.24. The molecule has 25 heavy (non-hydrogen) atoms. The van der Waals surface area contributed by atoms with Crippen molar-refractivity contribution < 1.29 is 18.9 Å². The summed E-state index contributed by atoms with van der Waals surface area (Å²) in [6.45, 7) is 5.53. The summed E-state index contributed by atoms with van der Waals surface area (Å²) in [6.07, 6.45) is 0. The standard InChI is InChI=1S/C20H25NO4/c1-12-6-7-15-16(11-25-19(15)13(12)2)21-10-14-8-17(22-3)20(24-5)18(9-14)23-4/h6-9,16,21H,10-11H2,1-5H3/t16-/m0/s1. The summed E-state index contributed by atoms with van der Waals surface area (Å²) in [5.41, 5.74) is 4.75. The molecule has 2 aromatic rings. The second kappa shape index (κ2) is 7.23. The van der Waals surface area contributed by atoms with Gasteiger partial charge in [-0.15, -0.1) is 0 Å². The third-order valence-electron chi connectivity index (χ3n) is 4.75. The van der Waals surface area contributed by atoms with Gasteiger partial charge in [0.1, 0.15) is 12.4 Å². The molecule has 0 aromatic heterocycles. The lowest BCUT2D eigenvalue weighted by atomic mass is 10.0. The summed E-state index contributed by atoms with van der Waals surface area (Å²) < 4.78 is 22.1. The molecule has 0 aliphatic carbocycles. The molecule has 1 aliphatic heterocycles. The highest BCUT2D eigenvalue weighted by atomic mass is 16.5. The van der Waals surface area contributed by atoms with Gasteiger partial charge >= 0.3 is 0 Å². The minimum absolute atomic E-state index is 0.174. The van der Waals surface area contributed by atoms with E-state index in [9.17, 15) is 0 Å². The van der Waals surface area contributed by atoms with Crippen LogP contribution in [-0.4, -0.2) is 27.9 Å². The fourth-order valence-corrected chi connectivity index (χ4v) is 3.18. The predicted octanol–water partition coefficient (Wildman–Crippen LogP) is 3.55. The van der Waals surface area contributed by atoms with Crippen LogP contribution in [0, 0.1) is 13.8 Å². The number of rotatable bonds is 6. The molecule has 0 saturated carbocycles. The topological polar surface area (TPSA) is 49.0 Å². The minimum atomic E-state index is 0.174. The van der Waals surface area contributed by atoms with Gasteiger partial charge in [-0.1, -0.05) is 12.1 Å². The Morgan fingerprint density at radius 1 is 1.04 bits per heavy atom. The van der Waals surface area contributed by atoms with Crippen LogP contribution in [0.3, 0.4) is 0 Å². The van der Waals surface area contributed by atoms with Crippen molar-refractivity contribution in [1.82, 2.24) is 5.32 Å². The lowest BCUT2D eigenvalue weighted by Crippen LogP contribution is -2.22. The van der Waals surface area contributed by atoms with Gasteiger partial charge < -0.3 is 24.3 Å². The van der Waals surface area contributed by atoms with Gasteiger partial charge in [-0.3, -0.25) is 0 Å². The average molecular weight is 343 g/mol. The van der Waals surface area contributed by atoms with Crippen LogP contribution in [0.2, 0.25) is 0 Å². The van der Waals surface area contributed by atoms with Crippen LogP contribution in [0.25, 0.3) is 0 Å². The quantitative estimate of drug-likeness (QED) is 0.869. The number of hydrogen-bond acceptors (Lipinski definition) is 5. The van der Waals surface area contributed by atoms with E-state index in [-0.39, 0.29) is 6.04 Å². The molecule has 0 spiro atoms. The third-order valence-corrected chi connectivity index (χ3v) is 4.75. The maximum absolute atomic E-state index is 5.91. The summed E-state index contributed by atoms with van der Waals surface area (Å²) in [5, 5.41) is 3.56. The van der Waals surface area contributed by atoms with Gasteiger partial charge in [0.2, 0.25) is 5.75 Å². The Hall–Kier alpha value is -2.40. The smallest absolute Gasteiger partial charge is 0.203 e. The van der Waals surface area contributed by atoms with E-state index in [0.717, 1.165) is 11.3 Å². The first kappa shape index (κ1) is 17.4. The highest BCUT2D eigenvalue weighted by Gasteiger charge is 2.26. The van der Waals surface area contributed by atoms with Crippen molar-refractivity contribution in [2.24, 2.45) is 0 Å². The first-order valence-corrected chi connectivity index (χ1v) is 8.34. The summed E-state index contributed by atoms with van der Waals surface area (Å²) in [5.74, 6) is 2.94. The zero-order chi connectivity index (χ0) is 18.0. The lowest BCUT2D eigenvalue weighted by molar-refractivity contribution is 0.308. The lowest BCUT2D eigenvalue weighted by Gasteiger charge is -2.16. The molecule has 1 heterocycles. The van der Waals surface area contributed by atoms with E-state index in [1.807, 2.05) is 12.1 Å². The van der Waals surface area contributed by atoms with Gasteiger partial charge in [0.25, 0.3) is 0 Å². The van der Waals surface area contributed by atoms with Crippen molar-refractivity contribution in [2.75, 3.05) is 27.9 Å². The van der Waals surface area contributed by atoms with Crippen molar-refractivity contribution in [3.8, 4) is 23.0 Å². The molecule has 0 unspecified atom stereocenters. The number of fused-ring (bicyclic) bond motifs is 1. The van der Waals surface area contributed by atoms with E-state index in [1.54, 1.807) is 21.3 Å². The van der Waals surface area contributed by atoms with E-state index in [0.29, 0.717) is 30.4 Å². The molecule has 0 amide bonds. The second-order valence-corrected chi connectivity index (χ2v) is 6.20. The first-order valence-electron chi connectivity index (χ1n) is 8.34. The van der Waals surface area contributed by atoms with Crippen LogP contribution in [0.1, 0.15) is 28.3 Å². The molecule has 0 radical (unpaired) electrons. The summed E-state index contributed by atoms with van der Waals surface area (Å²) in [4.78, 5) is 0. The molecule has 5 heteroatoms. The number of hydrogen-bond donors (Lipinski definition) is 1. The molecule has 2 aromatic carbocycles. The molecule has 0 bridgehead atoms. The van der Waals surface area contributed by atoms with Crippen LogP contribution in [-0.2, 0) is 6.54 Å². The Morgan fingerprint density at radius 3 is 2.32 bits per heavy atom. The van der Waals surface area contributed by atoms with Gasteiger partial charge in [-0.25, -0.2) is 0 Å². The van der Waals surface area contributed by atoms with Crippen LogP contribution in [0.15, 0.2) is 24.3 Å². The maximum Gasteiger partial charge on any atom is 0.203 e. The van der Waals surface area contributed by atoms with Crippen molar-refractivity contribution in [1.29, 1.82) is 0 Å². The minimum Gasteiger partial charge on any atom is -0.493 e. The molecule has 5 nitrogen and oxygen atoms in total. The van der Waals surface area contributed by atoms with E-state index in [2.05, 4.69) is 31.3 Å². The Bertz CT molecular complexity index is 748. The SMILES string of the molecule is COc1cc(CN[C@H]2COc3c2ccc(C)c3C)cc(OC)c1OC. The normalized spacial score (nSPS) is 15.5. The fourth-order valence-electron chi connectivity index (χ4n) is 3.18. The van der Waals surface area contributed by atoms with Crippen molar-refractivity contribution >= 4 is 0 Å². The van der Waals surface area contributed by atoms with Crippen molar-refractivity contribution in [3.63, 3.8) is 0 Å². The average Bonchev–Trinajstić information content (AvgIpc) is 3.05. The van der Waals surface area contributed by atoms with Crippen molar-refractivity contribution in [3.05, 3.63) is 46.5 Å². The van der Waals surface area contributed by atoms with Gasteiger partial charge in [-0.05, 0) is 42.7 Å². The molecule has 1 atom stereocenters. The number of ether oxygens (including phenoxy) is 4. The van der Waals surface area contributed by atoms with E-state index < -0.39 is 0 Å². The molecule has 134 valence electrons. The van der Waals surface area contributed by atoms with Crippen LogP contribution in [0.4, 0.5) is 0 Å². The Morgan fingerprint density at radius 2 is 1.72 bits per heavy atom. The highest BCUT2D eigenvalue weighted by molar-refractivity contribution is 5.54. The number of methoxy groups -OCH3 is 3. The van der Waals surface area contributed by atoms with Crippen LogP contribution >= 0.6 is 0 Å². The van der Waals surface area contributed by atoms with E-state index >= 15 is 0 Å². The Labute approximate surface area is 148 Å². The second-order valence-electron chi connectivity index (χ2n) is 6.20. The molecule has 1 aliphatic rings. The van der Waals surface area contributed by atoms with Gasteiger partial charge in [-0.2, -0.15) is 0 Å². The van der Waals surface area contributed by atoms with Crippen LogP contribution < -0.4 is 24.3 Å². The zero-order valence-electron chi connectivity index (χ0n) is 15.4. The summed E-state index contributed by atoms with van der Waals surface area (Å²) >= 11 is 0. The molecular formula is C20H25NO4. The monoisotopic (exact) mass is 343 g/mol. The first-order chi connectivity index (χ1) is 12.1. The Balaban J connectivity index is 1.79. The van der Waals surface area contributed by atoms with E-state index in [4.69, 9.17) is 18.9 Å². The van der Waals surface area contributed by atoms with E-state index in [1.165, 1.54) is 16.7 Å².